The fourth-order valence-corrected chi connectivity index (χ4v) is 2.82. The summed E-state index contributed by atoms with van der Waals surface area (Å²) in [5, 5.41) is 0. The molecule has 0 bridgehead atoms. The summed E-state index contributed by atoms with van der Waals surface area (Å²) < 4.78 is 1.17. The van der Waals surface area contributed by atoms with Crippen molar-refractivity contribution in [1.82, 2.24) is 0 Å². The predicted octanol–water partition coefficient (Wildman–Crippen LogP) is 3.82. The van der Waals surface area contributed by atoms with Gasteiger partial charge in [0.05, 0.1) is 5.69 Å². The van der Waals surface area contributed by atoms with Crippen LogP contribution in [0.1, 0.15) is 33.3 Å². The Balaban J connectivity index is 2.89. The summed E-state index contributed by atoms with van der Waals surface area (Å²) in [5.41, 5.74) is 8.41. The van der Waals surface area contributed by atoms with Gasteiger partial charge in [-0.25, -0.2) is 0 Å². The van der Waals surface area contributed by atoms with Gasteiger partial charge in [-0.05, 0) is 59.8 Å². The molecule has 1 rings (SSSR count). The molecule has 0 radical (unpaired) electrons. The molecule has 1 atom stereocenters. The molecule has 0 fully saturated rings. The van der Waals surface area contributed by atoms with E-state index in [0.29, 0.717) is 5.92 Å². The van der Waals surface area contributed by atoms with Crippen LogP contribution in [0.2, 0.25) is 0 Å². The quantitative estimate of drug-likeness (QED) is 0.865. The molecule has 0 aromatic heterocycles. The third kappa shape index (κ3) is 4.62. The maximum absolute atomic E-state index is 5.84. The highest BCUT2D eigenvalue weighted by molar-refractivity contribution is 9.10. The van der Waals surface area contributed by atoms with Gasteiger partial charge < -0.3 is 10.6 Å². The Labute approximate surface area is 120 Å². The van der Waals surface area contributed by atoms with Gasteiger partial charge in [-0.1, -0.05) is 19.9 Å². The summed E-state index contributed by atoms with van der Waals surface area (Å²) in [4.78, 5) is 2.41. The first-order valence-corrected chi connectivity index (χ1v) is 7.52. The first-order valence-electron chi connectivity index (χ1n) is 6.73. The predicted molar refractivity (Wildman–Crippen MR) is 84.2 cm³/mol. The molecule has 0 saturated heterocycles. The molecule has 1 unspecified atom stereocenters. The van der Waals surface area contributed by atoms with E-state index in [0.717, 1.165) is 19.5 Å². The lowest BCUT2D eigenvalue weighted by atomic mass is 10.1. The van der Waals surface area contributed by atoms with Crippen LogP contribution in [0.3, 0.4) is 0 Å². The van der Waals surface area contributed by atoms with E-state index in [9.17, 15) is 0 Å². The van der Waals surface area contributed by atoms with Crippen LogP contribution in [0.4, 0.5) is 5.69 Å². The first kappa shape index (κ1) is 15.5. The molecule has 18 heavy (non-hydrogen) atoms. The summed E-state index contributed by atoms with van der Waals surface area (Å²) >= 11 is 3.69. The van der Waals surface area contributed by atoms with Gasteiger partial charge in [0.25, 0.3) is 0 Å². The van der Waals surface area contributed by atoms with Gasteiger partial charge >= 0.3 is 0 Å². The van der Waals surface area contributed by atoms with Crippen molar-refractivity contribution >= 4 is 21.6 Å². The maximum atomic E-state index is 5.84. The second-order valence-electron chi connectivity index (χ2n) is 5.40. The Morgan fingerprint density at radius 2 is 1.94 bits per heavy atom. The minimum atomic E-state index is 0.209. The van der Waals surface area contributed by atoms with Crippen molar-refractivity contribution in [3.05, 3.63) is 28.2 Å². The van der Waals surface area contributed by atoms with Gasteiger partial charge in [0.1, 0.15) is 0 Å². The molecule has 0 aliphatic carbocycles. The van der Waals surface area contributed by atoms with E-state index < -0.39 is 0 Å². The highest BCUT2D eigenvalue weighted by Crippen LogP contribution is 2.28. The summed E-state index contributed by atoms with van der Waals surface area (Å²) in [5.74, 6) is 0.667. The van der Waals surface area contributed by atoms with Gasteiger partial charge in [-0.15, -0.1) is 0 Å². The maximum Gasteiger partial charge on any atom is 0.0510 e. The van der Waals surface area contributed by atoms with E-state index in [1.165, 1.54) is 15.7 Å². The fraction of sp³-hybridized carbons (Fsp3) is 0.600. The number of rotatable bonds is 6. The van der Waals surface area contributed by atoms with Crippen molar-refractivity contribution < 1.29 is 0 Å². The molecule has 3 heteroatoms. The van der Waals surface area contributed by atoms with Gasteiger partial charge in [0, 0.05) is 23.6 Å². The fourth-order valence-electron chi connectivity index (χ4n) is 2.14. The summed E-state index contributed by atoms with van der Waals surface area (Å²) in [6, 6.07) is 6.79. The smallest absolute Gasteiger partial charge is 0.0510 e. The van der Waals surface area contributed by atoms with Crippen molar-refractivity contribution in [3.8, 4) is 0 Å². The number of hydrogen-bond acceptors (Lipinski definition) is 2. The molecule has 1 aromatic carbocycles. The zero-order chi connectivity index (χ0) is 13.7. The zero-order valence-electron chi connectivity index (χ0n) is 11.9. The average molecular weight is 313 g/mol. The van der Waals surface area contributed by atoms with E-state index in [2.05, 4.69) is 59.8 Å². The van der Waals surface area contributed by atoms with E-state index >= 15 is 0 Å². The summed E-state index contributed by atoms with van der Waals surface area (Å²) in [6.45, 7) is 10.9. The molecular weight excluding hydrogens is 288 g/mol. The van der Waals surface area contributed by atoms with Crippen molar-refractivity contribution in [1.29, 1.82) is 0 Å². The Kier molecular flexibility index (Phi) is 6.16. The number of benzene rings is 1. The zero-order valence-corrected chi connectivity index (χ0v) is 13.5. The highest BCUT2D eigenvalue weighted by Gasteiger charge is 2.11. The summed E-state index contributed by atoms with van der Waals surface area (Å²) in [6.07, 6.45) is 0.926. The van der Waals surface area contributed by atoms with E-state index in [1.54, 1.807) is 0 Å². The lowest BCUT2D eigenvalue weighted by molar-refractivity contribution is 0.618. The second-order valence-corrected chi connectivity index (χ2v) is 6.25. The van der Waals surface area contributed by atoms with Crippen molar-refractivity contribution in [2.45, 2.75) is 40.2 Å². The third-order valence-corrected chi connectivity index (χ3v) is 3.51. The molecule has 0 aliphatic rings. The monoisotopic (exact) mass is 312 g/mol. The summed E-state index contributed by atoms with van der Waals surface area (Å²) in [7, 11) is 0. The standard InChI is InChI=1S/C15H25BrN2/c1-5-18(10-11(2)3)15-7-6-13(8-12(4)17)9-14(15)16/h6-7,9,11-12H,5,8,10,17H2,1-4H3. The van der Waals surface area contributed by atoms with Crippen molar-refractivity contribution in [2.24, 2.45) is 11.7 Å². The Morgan fingerprint density at radius 1 is 1.28 bits per heavy atom. The van der Waals surface area contributed by atoms with Crippen LogP contribution in [0.5, 0.6) is 0 Å². The van der Waals surface area contributed by atoms with Crippen molar-refractivity contribution in [3.63, 3.8) is 0 Å². The lowest BCUT2D eigenvalue weighted by Crippen LogP contribution is -2.27. The van der Waals surface area contributed by atoms with Gasteiger partial charge in [0.2, 0.25) is 0 Å². The van der Waals surface area contributed by atoms with Gasteiger partial charge in [-0.3, -0.25) is 0 Å². The van der Waals surface area contributed by atoms with Crippen LogP contribution >= 0.6 is 15.9 Å². The van der Waals surface area contributed by atoms with Crippen LogP contribution in [-0.2, 0) is 6.42 Å². The van der Waals surface area contributed by atoms with Crippen LogP contribution in [-0.4, -0.2) is 19.1 Å². The molecule has 0 spiro atoms. The van der Waals surface area contributed by atoms with Gasteiger partial charge in [-0.2, -0.15) is 0 Å². The van der Waals surface area contributed by atoms with Crippen LogP contribution in [0, 0.1) is 5.92 Å². The molecule has 0 saturated carbocycles. The molecule has 0 heterocycles. The molecule has 0 aliphatic heterocycles. The van der Waals surface area contributed by atoms with Crippen LogP contribution < -0.4 is 10.6 Å². The Hall–Kier alpha value is -0.540. The van der Waals surface area contributed by atoms with Gasteiger partial charge in [0.15, 0.2) is 0 Å². The average Bonchev–Trinajstić information content (AvgIpc) is 2.25. The molecular formula is C15H25BrN2. The van der Waals surface area contributed by atoms with Crippen LogP contribution in [0.15, 0.2) is 22.7 Å². The number of nitrogens with two attached hydrogens (primary N) is 1. The molecule has 0 amide bonds. The second kappa shape index (κ2) is 7.15. The number of hydrogen-bond donors (Lipinski definition) is 1. The Morgan fingerprint density at radius 3 is 2.39 bits per heavy atom. The molecule has 2 N–H and O–H groups in total. The molecule has 1 aromatic rings. The number of anilines is 1. The topological polar surface area (TPSA) is 29.3 Å². The number of halogens is 1. The largest absolute Gasteiger partial charge is 0.371 e. The Bertz CT molecular complexity index is 375. The third-order valence-electron chi connectivity index (χ3n) is 2.88. The normalized spacial score (nSPS) is 12.8. The van der Waals surface area contributed by atoms with E-state index in [-0.39, 0.29) is 6.04 Å². The minimum absolute atomic E-state index is 0.209. The number of nitrogens with zero attached hydrogens (tertiary/aromatic N) is 1. The lowest BCUT2D eigenvalue weighted by Gasteiger charge is -2.26. The molecule has 2 nitrogen and oxygen atoms in total. The first-order chi connectivity index (χ1) is 8.43. The van der Waals surface area contributed by atoms with Crippen LogP contribution in [0.25, 0.3) is 0 Å². The van der Waals surface area contributed by atoms with E-state index in [1.807, 2.05) is 6.92 Å². The highest BCUT2D eigenvalue weighted by atomic mass is 79.9. The SMILES string of the molecule is CCN(CC(C)C)c1ccc(CC(C)N)cc1Br. The molecule has 102 valence electrons. The van der Waals surface area contributed by atoms with E-state index in [4.69, 9.17) is 5.73 Å². The van der Waals surface area contributed by atoms with Crippen molar-refractivity contribution in [2.75, 3.05) is 18.0 Å². The minimum Gasteiger partial charge on any atom is -0.371 e.